The zero-order valence-electron chi connectivity index (χ0n) is 6.34. The summed E-state index contributed by atoms with van der Waals surface area (Å²) in [5, 5.41) is 9.70. The summed E-state index contributed by atoms with van der Waals surface area (Å²) in [7, 11) is 0. The molecular weight excluding hydrogens is 128 g/mol. The molecule has 58 valence electrons. The number of allylic oxidation sites excluding steroid dienone is 1. The fraction of sp³-hybridized carbons (Fsp3) is 0.750. The normalized spacial score (nSPS) is 25.4. The summed E-state index contributed by atoms with van der Waals surface area (Å²) in [4.78, 5) is 0. The van der Waals surface area contributed by atoms with Gasteiger partial charge in [0, 0.05) is 26.1 Å². The van der Waals surface area contributed by atoms with Crippen LogP contribution in [0.2, 0.25) is 0 Å². The summed E-state index contributed by atoms with van der Waals surface area (Å²) >= 11 is 0. The Hall–Kier alpha value is -0.340. The molecule has 0 amide bonds. The molecule has 10 heavy (non-hydrogen) atoms. The zero-order chi connectivity index (χ0) is 7.45. The summed E-state index contributed by atoms with van der Waals surface area (Å²) in [6.07, 6.45) is 5.22. The second-order valence-electron chi connectivity index (χ2n) is 2.72. The van der Waals surface area contributed by atoms with Gasteiger partial charge in [0.2, 0.25) is 0 Å². The van der Waals surface area contributed by atoms with E-state index in [1.807, 2.05) is 19.1 Å². The molecule has 0 atom stereocenters. The zero-order valence-corrected chi connectivity index (χ0v) is 6.34. The minimum Gasteiger partial charge on any atom is -0.386 e. The van der Waals surface area contributed by atoms with E-state index < -0.39 is 5.60 Å². The van der Waals surface area contributed by atoms with Gasteiger partial charge < -0.3 is 9.84 Å². The summed E-state index contributed by atoms with van der Waals surface area (Å²) in [5.74, 6) is 0. The minimum absolute atomic E-state index is 0.576. The van der Waals surface area contributed by atoms with Crippen molar-refractivity contribution in [2.45, 2.75) is 25.4 Å². The van der Waals surface area contributed by atoms with Crippen LogP contribution in [0.1, 0.15) is 19.8 Å². The van der Waals surface area contributed by atoms with Gasteiger partial charge in [-0.15, -0.1) is 0 Å². The van der Waals surface area contributed by atoms with Crippen molar-refractivity contribution in [1.29, 1.82) is 0 Å². The largest absolute Gasteiger partial charge is 0.386 e. The lowest BCUT2D eigenvalue weighted by Crippen LogP contribution is -2.33. The molecule has 1 rings (SSSR count). The van der Waals surface area contributed by atoms with Crippen molar-refractivity contribution in [3.63, 3.8) is 0 Å². The van der Waals surface area contributed by atoms with Crippen molar-refractivity contribution in [3.05, 3.63) is 12.2 Å². The van der Waals surface area contributed by atoms with Crippen molar-refractivity contribution >= 4 is 0 Å². The van der Waals surface area contributed by atoms with Crippen LogP contribution in [0, 0.1) is 0 Å². The quantitative estimate of drug-likeness (QED) is 0.555. The molecule has 0 saturated carbocycles. The lowest BCUT2D eigenvalue weighted by atomic mass is 9.94. The number of rotatable bonds is 1. The van der Waals surface area contributed by atoms with Crippen molar-refractivity contribution in [1.82, 2.24) is 0 Å². The van der Waals surface area contributed by atoms with Crippen LogP contribution in [0.3, 0.4) is 0 Å². The lowest BCUT2D eigenvalue weighted by molar-refractivity contribution is -0.0322. The molecular formula is C8H14O2. The Morgan fingerprint density at radius 1 is 1.40 bits per heavy atom. The molecule has 2 heteroatoms. The van der Waals surface area contributed by atoms with Gasteiger partial charge in [-0.05, 0) is 6.92 Å². The van der Waals surface area contributed by atoms with Crippen molar-refractivity contribution in [2.75, 3.05) is 13.2 Å². The van der Waals surface area contributed by atoms with E-state index in [2.05, 4.69) is 0 Å². The highest BCUT2D eigenvalue weighted by Gasteiger charge is 2.25. The van der Waals surface area contributed by atoms with Crippen LogP contribution >= 0.6 is 0 Å². The highest BCUT2D eigenvalue weighted by Crippen LogP contribution is 2.21. The molecule has 0 aliphatic carbocycles. The molecule has 0 aromatic heterocycles. The van der Waals surface area contributed by atoms with E-state index in [1.54, 1.807) is 0 Å². The van der Waals surface area contributed by atoms with Gasteiger partial charge in [-0.1, -0.05) is 12.2 Å². The summed E-state index contributed by atoms with van der Waals surface area (Å²) < 4.78 is 5.12. The predicted molar refractivity (Wildman–Crippen MR) is 39.8 cm³/mol. The van der Waals surface area contributed by atoms with Gasteiger partial charge in [-0.2, -0.15) is 0 Å². The van der Waals surface area contributed by atoms with Gasteiger partial charge in [0.15, 0.2) is 0 Å². The fourth-order valence-electron chi connectivity index (χ4n) is 1.20. The lowest BCUT2D eigenvalue weighted by Gasteiger charge is -2.28. The van der Waals surface area contributed by atoms with E-state index in [4.69, 9.17) is 4.74 Å². The average Bonchev–Trinajstić information content (AvgIpc) is 1.89. The van der Waals surface area contributed by atoms with Crippen LogP contribution in [0.4, 0.5) is 0 Å². The van der Waals surface area contributed by atoms with E-state index in [9.17, 15) is 5.11 Å². The van der Waals surface area contributed by atoms with Crippen molar-refractivity contribution in [3.8, 4) is 0 Å². The fourth-order valence-corrected chi connectivity index (χ4v) is 1.20. The highest BCUT2D eigenvalue weighted by atomic mass is 16.5. The number of hydrogen-bond acceptors (Lipinski definition) is 2. The Morgan fingerprint density at radius 3 is 2.50 bits per heavy atom. The molecule has 1 saturated heterocycles. The molecule has 0 aromatic carbocycles. The first kappa shape index (κ1) is 7.76. The molecule has 1 fully saturated rings. The topological polar surface area (TPSA) is 29.5 Å². The molecule has 2 nitrogen and oxygen atoms in total. The van der Waals surface area contributed by atoms with Crippen molar-refractivity contribution in [2.24, 2.45) is 0 Å². The van der Waals surface area contributed by atoms with Crippen LogP contribution < -0.4 is 0 Å². The van der Waals surface area contributed by atoms with Gasteiger partial charge in [0.25, 0.3) is 0 Å². The van der Waals surface area contributed by atoms with Gasteiger partial charge in [0.05, 0.1) is 5.60 Å². The third-order valence-electron chi connectivity index (χ3n) is 1.84. The molecule has 1 N–H and O–H groups in total. The van der Waals surface area contributed by atoms with E-state index in [-0.39, 0.29) is 0 Å². The molecule has 0 bridgehead atoms. The van der Waals surface area contributed by atoms with Gasteiger partial charge in [-0.25, -0.2) is 0 Å². The van der Waals surface area contributed by atoms with E-state index in [0.29, 0.717) is 13.2 Å². The number of ether oxygens (including phenoxy) is 1. The Balaban J connectivity index is 2.48. The minimum atomic E-state index is -0.576. The van der Waals surface area contributed by atoms with Crippen LogP contribution in [0.5, 0.6) is 0 Å². The van der Waals surface area contributed by atoms with Crippen molar-refractivity contribution < 1.29 is 9.84 Å². The molecule has 0 aromatic rings. The molecule has 0 radical (unpaired) electrons. The van der Waals surface area contributed by atoms with Gasteiger partial charge in [0.1, 0.15) is 0 Å². The van der Waals surface area contributed by atoms with Crippen LogP contribution in [-0.4, -0.2) is 23.9 Å². The Kier molecular flexibility index (Phi) is 2.46. The molecule has 1 heterocycles. The summed E-state index contributed by atoms with van der Waals surface area (Å²) in [6.45, 7) is 3.29. The van der Waals surface area contributed by atoms with E-state index >= 15 is 0 Å². The third kappa shape index (κ3) is 1.82. The predicted octanol–water partition coefficient (Wildman–Crippen LogP) is 1.10. The smallest absolute Gasteiger partial charge is 0.0871 e. The van der Waals surface area contributed by atoms with E-state index in [1.165, 1.54) is 0 Å². The Labute approximate surface area is 61.5 Å². The molecule has 1 aliphatic heterocycles. The Bertz CT molecular complexity index is 123. The molecule has 0 spiro atoms. The standard InChI is InChI=1S/C8H14O2/c1-2-3-8(9)4-6-10-7-5-8/h2-3,9H,4-7H2,1H3/b3-2-. The van der Waals surface area contributed by atoms with Gasteiger partial charge in [-0.3, -0.25) is 0 Å². The van der Waals surface area contributed by atoms with Crippen LogP contribution in [0.15, 0.2) is 12.2 Å². The van der Waals surface area contributed by atoms with E-state index in [0.717, 1.165) is 12.8 Å². The summed E-state index contributed by atoms with van der Waals surface area (Å²) in [5.41, 5.74) is -0.576. The Morgan fingerprint density at radius 2 is 2.00 bits per heavy atom. The summed E-state index contributed by atoms with van der Waals surface area (Å²) in [6, 6.07) is 0. The third-order valence-corrected chi connectivity index (χ3v) is 1.84. The number of aliphatic hydroxyl groups is 1. The average molecular weight is 142 g/mol. The van der Waals surface area contributed by atoms with Crippen LogP contribution in [-0.2, 0) is 4.74 Å². The molecule has 0 unspecified atom stereocenters. The SMILES string of the molecule is C/C=C\C1(O)CCOCC1. The highest BCUT2D eigenvalue weighted by molar-refractivity contribution is 5.00. The monoisotopic (exact) mass is 142 g/mol. The van der Waals surface area contributed by atoms with Crippen LogP contribution in [0.25, 0.3) is 0 Å². The maximum atomic E-state index is 9.70. The number of hydrogen-bond donors (Lipinski definition) is 1. The molecule has 1 aliphatic rings. The maximum Gasteiger partial charge on any atom is 0.0871 e. The second-order valence-corrected chi connectivity index (χ2v) is 2.72. The first-order chi connectivity index (χ1) is 4.77. The second kappa shape index (κ2) is 3.17. The maximum absolute atomic E-state index is 9.70. The van der Waals surface area contributed by atoms with Gasteiger partial charge >= 0.3 is 0 Å². The first-order valence-electron chi connectivity index (χ1n) is 3.71. The first-order valence-corrected chi connectivity index (χ1v) is 3.71.